The van der Waals surface area contributed by atoms with Gasteiger partial charge < -0.3 is 14.6 Å². The largest absolute Gasteiger partial charge is 0.495 e. The number of allylic oxidation sites excluding steroid dienone is 1. The number of aliphatic hydroxyl groups excluding tert-OH is 1. The number of nitrogens with zero attached hydrogens (tertiary/aromatic N) is 1. The predicted molar refractivity (Wildman–Crippen MR) is 220 cm³/mol. The third kappa shape index (κ3) is 29.0. The zero-order chi connectivity index (χ0) is 37.0. The van der Waals surface area contributed by atoms with Gasteiger partial charge in [0, 0.05) is 25.4 Å². The number of ether oxygens (including phenoxy) is 2. The van der Waals surface area contributed by atoms with Gasteiger partial charge in [-0.05, 0) is 76.7 Å². The summed E-state index contributed by atoms with van der Waals surface area (Å²) in [4.78, 5) is 14.7. The zero-order valence-corrected chi connectivity index (χ0v) is 34.7. The fraction of sp³-hybridized carbons (Fsp3) is 0.935. The van der Waals surface area contributed by atoms with Gasteiger partial charge in [0.1, 0.15) is 0 Å². The van der Waals surface area contributed by atoms with Crippen molar-refractivity contribution in [3.63, 3.8) is 0 Å². The van der Waals surface area contributed by atoms with Crippen LogP contribution in [0.15, 0.2) is 12.3 Å². The SMILES string of the molecule is C=C(CCCCC1CCN(CCO)C(CCCCCCC(=O)OCCCCCCCCC)C1)OC(CCCCCCCC)CCCCCCCC. The number of likely N-dealkylation sites (tertiary alicyclic amines) is 1. The number of carbonyl (C=O) groups is 1. The van der Waals surface area contributed by atoms with Crippen molar-refractivity contribution in [3.8, 4) is 0 Å². The van der Waals surface area contributed by atoms with Crippen molar-refractivity contribution in [1.82, 2.24) is 4.90 Å². The maximum atomic E-state index is 12.1. The molecule has 1 saturated heterocycles. The molecular formula is C46H89NO4. The van der Waals surface area contributed by atoms with Crippen molar-refractivity contribution in [1.29, 1.82) is 0 Å². The molecule has 0 bridgehead atoms. The molecule has 2 unspecified atom stereocenters. The molecule has 2 atom stereocenters. The molecule has 0 aromatic rings. The Balaban J connectivity index is 2.27. The summed E-state index contributed by atoms with van der Waals surface area (Å²) < 4.78 is 12.0. The fourth-order valence-corrected chi connectivity index (χ4v) is 8.10. The summed E-state index contributed by atoms with van der Waals surface area (Å²) in [5.41, 5.74) is 0. The van der Waals surface area contributed by atoms with Crippen molar-refractivity contribution in [3.05, 3.63) is 12.3 Å². The van der Waals surface area contributed by atoms with E-state index in [9.17, 15) is 9.90 Å². The van der Waals surface area contributed by atoms with Gasteiger partial charge in [0.15, 0.2) is 0 Å². The average Bonchev–Trinajstić information content (AvgIpc) is 3.13. The number of carbonyl (C=O) groups excluding carboxylic acids is 1. The normalized spacial score (nSPS) is 16.6. The minimum absolute atomic E-state index is 0.0125. The lowest BCUT2D eigenvalue weighted by molar-refractivity contribution is -0.143. The van der Waals surface area contributed by atoms with E-state index in [1.54, 1.807) is 0 Å². The average molecular weight is 720 g/mol. The smallest absolute Gasteiger partial charge is 0.305 e. The quantitative estimate of drug-likeness (QED) is 0.0391. The number of piperidine rings is 1. The van der Waals surface area contributed by atoms with Crippen LogP contribution < -0.4 is 0 Å². The van der Waals surface area contributed by atoms with E-state index in [1.165, 1.54) is 180 Å². The van der Waals surface area contributed by atoms with E-state index in [-0.39, 0.29) is 12.6 Å². The summed E-state index contributed by atoms with van der Waals surface area (Å²) >= 11 is 0. The fourth-order valence-electron chi connectivity index (χ4n) is 8.10. The Morgan fingerprint density at radius 2 is 1.18 bits per heavy atom. The molecule has 0 radical (unpaired) electrons. The zero-order valence-electron chi connectivity index (χ0n) is 34.7. The van der Waals surface area contributed by atoms with E-state index in [4.69, 9.17) is 9.47 Å². The first-order chi connectivity index (χ1) is 25.0. The molecule has 1 heterocycles. The van der Waals surface area contributed by atoms with Gasteiger partial charge in [-0.2, -0.15) is 0 Å². The summed E-state index contributed by atoms with van der Waals surface area (Å²) in [6.07, 6.45) is 41.1. The van der Waals surface area contributed by atoms with Gasteiger partial charge in [0.2, 0.25) is 0 Å². The van der Waals surface area contributed by atoms with Crippen LogP contribution in [0.3, 0.4) is 0 Å². The lowest BCUT2D eigenvalue weighted by Crippen LogP contribution is -2.43. The molecule has 5 heteroatoms. The van der Waals surface area contributed by atoms with Crippen LogP contribution in [0.2, 0.25) is 0 Å². The minimum Gasteiger partial charge on any atom is -0.495 e. The van der Waals surface area contributed by atoms with E-state index in [2.05, 4.69) is 32.3 Å². The van der Waals surface area contributed by atoms with Crippen LogP contribution in [0.1, 0.15) is 233 Å². The summed E-state index contributed by atoms with van der Waals surface area (Å²) in [6, 6.07) is 0.589. The molecule has 1 fully saturated rings. The van der Waals surface area contributed by atoms with Crippen LogP contribution in [-0.2, 0) is 14.3 Å². The molecule has 0 aliphatic carbocycles. The molecule has 1 aliphatic rings. The second kappa shape index (κ2) is 35.9. The molecule has 0 saturated carbocycles. The van der Waals surface area contributed by atoms with Gasteiger partial charge in [-0.1, -0.05) is 162 Å². The second-order valence-corrected chi connectivity index (χ2v) is 16.2. The molecule has 51 heavy (non-hydrogen) atoms. The Kier molecular flexibility index (Phi) is 33.8. The summed E-state index contributed by atoms with van der Waals surface area (Å²) in [5.74, 6) is 1.80. The van der Waals surface area contributed by atoms with Gasteiger partial charge in [-0.25, -0.2) is 0 Å². The second-order valence-electron chi connectivity index (χ2n) is 16.2. The van der Waals surface area contributed by atoms with Crippen LogP contribution in [0.4, 0.5) is 0 Å². The van der Waals surface area contributed by atoms with Crippen LogP contribution in [0.25, 0.3) is 0 Å². The number of rotatable bonds is 38. The molecule has 5 nitrogen and oxygen atoms in total. The van der Waals surface area contributed by atoms with E-state index in [0.29, 0.717) is 25.2 Å². The molecule has 1 aliphatic heterocycles. The Morgan fingerprint density at radius 3 is 1.78 bits per heavy atom. The first-order valence-corrected chi connectivity index (χ1v) is 22.9. The lowest BCUT2D eigenvalue weighted by atomic mass is 9.84. The molecule has 0 amide bonds. The Hall–Kier alpha value is -1.07. The van der Waals surface area contributed by atoms with Crippen molar-refractivity contribution in [2.45, 2.75) is 245 Å². The number of aliphatic hydroxyl groups is 1. The highest BCUT2D eigenvalue weighted by atomic mass is 16.5. The first kappa shape index (κ1) is 48.0. The van der Waals surface area contributed by atoms with Crippen LogP contribution in [-0.4, -0.2) is 54.4 Å². The molecule has 302 valence electrons. The third-order valence-corrected chi connectivity index (χ3v) is 11.4. The summed E-state index contributed by atoms with van der Waals surface area (Å²) in [7, 11) is 0. The highest BCUT2D eigenvalue weighted by molar-refractivity contribution is 5.69. The summed E-state index contributed by atoms with van der Waals surface area (Å²) in [6.45, 7) is 14.0. The first-order valence-electron chi connectivity index (χ1n) is 22.9. The van der Waals surface area contributed by atoms with E-state index in [0.717, 1.165) is 50.4 Å². The topological polar surface area (TPSA) is 59.0 Å². The number of hydrogen-bond donors (Lipinski definition) is 1. The number of unbranched alkanes of at least 4 members (excludes halogenated alkanes) is 20. The van der Waals surface area contributed by atoms with E-state index < -0.39 is 0 Å². The van der Waals surface area contributed by atoms with E-state index >= 15 is 0 Å². The Bertz CT molecular complexity index is 756. The van der Waals surface area contributed by atoms with Crippen molar-refractivity contribution >= 4 is 5.97 Å². The molecule has 0 aromatic carbocycles. The summed E-state index contributed by atoms with van der Waals surface area (Å²) in [5, 5.41) is 9.70. The maximum absolute atomic E-state index is 12.1. The van der Waals surface area contributed by atoms with E-state index in [1.807, 2.05) is 0 Å². The van der Waals surface area contributed by atoms with Gasteiger partial charge in [-0.15, -0.1) is 0 Å². The Labute approximate surface area is 318 Å². The molecule has 1 N–H and O–H groups in total. The van der Waals surface area contributed by atoms with Gasteiger partial charge in [0.05, 0.1) is 25.1 Å². The molecule has 1 rings (SSSR count). The predicted octanol–water partition coefficient (Wildman–Crippen LogP) is 13.7. The van der Waals surface area contributed by atoms with Crippen molar-refractivity contribution in [2.24, 2.45) is 5.92 Å². The van der Waals surface area contributed by atoms with Gasteiger partial charge in [-0.3, -0.25) is 9.69 Å². The molecule has 0 aromatic heterocycles. The standard InChI is InChI=1S/C46H89NO4/c1-5-8-11-14-17-22-29-40-50-46(49)35-26-21-20-23-32-44-41-43(36-37-47(44)38-39-48)31-28-27-30-42(4)51-45(33-24-18-15-12-9-6-2)34-25-19-16-13-10-7-3/h43-45,48H,4-41H2,1-3H3. The monoisotopic (exact) mass is 720 g/mol. The maximum Gasteiger partial charge on any atom is 0.305 e. The van der Waals surface area contributed by atoms with Crippen molar-refractivity contribution in [2.75, 3.05) is 26.3 Å². The van der Waals surface area contributed by atoms with Crippen molar-refractivity contribution < 1.29 is 19.4 Å². The number of esters is 1. The lowest BCUT2D eigenvalue weighted by Gasteiger charge is -2.39. The van der Waals surface area contributed by atoms with Gasteiger partial charge >= 0.3 is 5.97 Å². The third-order valence-electron chi connectivity index (χ3n) is 11.4. The molecular weight excluding hydrogens is 631 g/mol. The Morgan fingerprint density at radius 1 is 0.667 bits per heavy atom. The number of hydrogen-bond acceptors (Lipinski definition) is 5. The highest BCUT2D eigenvalue weighted by Crippen LogP contribution is 2.30. The molecule has 0 spiro atoms. The number of β-amino-alcohol motifs (C(OH)–C–C–N with tert-alkyl or cyclic N) is 1. The van der Waals surface area contributed by atoms with Crippen LogP contribution in [0, 0.1) is 5.92 Å². The minimum atomic E-state index is -0.0125. The van der Waals surface area contributed by atoms with Crippen LogP contribution in [0.5, 0.6) is 0 Å². The van der Waals surface area contributed by atoms with Crippen LogP contribution >= 0.6 is 0 Å². The highest BCUT2D eigenvalue weighted by Gasteiger charge is 2.27. The van der Waals surface area contributed by atoms with Gasteiger partial charge in [0.25, 0.3) is 0 Å².